The Hall–Kier alpha value is -4.23. The van der Waals surface area contributed by atoms with E-state index in [-0.39, 0.29) is 35.6 Å². The predicted octanol–water partition coefficient (Wildman–Crippen LogP) is 6.28. The van der Waals surface area contributed by atoms with E-state index < -0.39 is 26.6 Å². The van der Waals surface area contributed by atoms with Crippen molar-refractivity contribution >= 4 is 27.5 Å². The number of anilines is 1. The lowest BCUT2D eigenvalue weighted by Crippen LogP contribution is -2.56. The van der Waals surface area contributed by atoms with Gasteiger partial charge in [0.2, 0.25) is 5.91 Å². The van der Waals surface area contributed by atoms with Crippen LogP contribution in [0, 0.1) is 23.6 Å². The van der Waals surface area contributed by atoms with Crippen molar-refractivity contribution in [3.63, 3.8) is 0 Å². The number of aromatic nitrogens is 2. The molecule has 2 saturated carbocycles. The number of carbonyl (C=O) groups is 2. The summed E-state index contributed by atoms with van der Waals surface area (Å²) in [5.74, 6) is 1.41. The van der Waals surface area contributed by atoms with E-state index in [9.17, 15) is 18.0 Å². The van der Waals surface area contributed by atoms with Gasteiger partial charge in [0.1, 0.15) is 11.6 Å². The molecule has 0 bridgehead atoms. The van der Waals surface area contributed by atoms with Crippen LogP contribution in [-0.4, -0.2) is 92.0 Å². The van der Waals surface area contributed by atoms with Crippen LogP contribution in [-0.2, 0) is 37.7 Å². The van der Waals surface area contributed by atoms with Crippen LogP contribution in [0.5, 0.6) is 0 Å². The van der Waals surface area contributed by atoms with Crippen molar-refractivity contribution in [3.8, 4) is 0 Å². The number of hydrogen-bond acceptors (Lipinski definition) is 8. The molecular formula is C44H59FN6O5S. The Morgan fingerprint density at radius 3 is 2.40 bits per heavy atom. The maximum absolute atomic E-state index is 15.2. The van der Waals surface area contributed by atoms with Gasteiger partial charge in [-0.15, -0.1) is 0 Å². The molecular weight excluding hydrogens is 744 g/mol. The molecule has 2 aliphatic heterocycles. The highest BCUT2D eigenvalue weighted by atomic mass is 32.2. The molecule has 57 heavy (non-hydrogen) atoms. The Bertz CT molecular complexity index is 1970. The summed E-state index contributed by atoms with van der Waals surface area (Å²) >= 11 is 0. The fraction of sp³-hybridized carbons (Fsp3) is 0.568. The number of piperidine rings is 1. The number of benzene rings is 2. The molecule has 3 aromatic rings. The summed E-state index contributed by atoms with van der Waals surface area (Å²) in [4.78, 5) is 34.2. The molecule has 7 rings (SSSR count). The monoisotopic (exact) mass is 802 g/mol. The number of nitrogens with one attached hydrogen (secondary N) is 2. The first-order valence-corrected chi connectivity index (χ1v) is 22.4. The van der Waals surface area contributed by atoms with Gasteiger partial charge in [0, 0.05) is 74.1 Å². The summed E-state index contributed by atoms with van der Waals surface area (Å²) in [5.41, 5.74) is 1.60. The van der Waals surface area contributed by atoms with E-state index in [1.54, 1.807) is 18.2 Å². The fourth-order valence-electron chi connectivity index (χ4n) is 10.6. The number of halogens is 1. The van der Waals surface area contributed by atoms with Gasteiger partial charge in [-0.1, -0.05) is 32.1 Å². The van der Waals surface area contributed by atoms with Crippen LogP contribution < -0.4 is 15.5 Å². The summed E-state index contributed by atoms with van der Waals surface area (Å²) in [5, 5.41) is 5.64. The SMILES string of the molecule is C=CC(=O)NC1CCC(S(=O)(=O)c2ccc(N3CC(CN4CCC([C@@](Cn5ccnc5CC)(c5cccc(F)c5)[C@H]5CCC[C@@H]5NC(=O)OC)CC4)C3)cc2)CC1. The second-order valence-corrected chi connectivity index (χ2v) is 19.0. The number of nitrogens with zero attached hydrogens (tertiary/aromatic N) is 4. The molecule has 1 aromatic heterocycles. The zero-order chi connectivity index (χ0) is 40.2. The average molecular weight is 803 g/mol. The minimum absolute atomic E-state index is 0.00711. The molecule has 2 saturated heterocycles. The number of likely N-dealkylation sites (tertiary alicyclic amines) is 1. The van der Waals surface area contributed by atoms with Crippen molar-refractivity contribution in [2.45, 2.75) is 105 Å². The highest BCUT2D eigenvalue weighted by molar-refractivity contribution is 7.92. The molecule has 3 heterocycles. The molecule has 13 heteroatoms. The number of sulfone groups is 1. The maximum atomic E-state index is 15.2. The van der Waals surface area contributed by atoms with Crippen LogP contribution in [0.3, 0.4) is 0 Å². The predicted molar refractivity (Wildman–Crippen MR) is 219 cm³/mol. The van der Waals surface area contributed by atoms with Gasteiger partial charge in [-0.2, -0.15) is 0 Å². The normalized spacial score (nSPS) is 24.6. The summed E-state index contributed by atoms with van der Waals surface area (Å²) in [6.07, 6.45) is 12.6. The molecule has 2 aromatic carbocycles. The lowest BCUT2D eigenvalue weighted by atomic mass is 9.58. The number of alkyl carbamates (subject to hydrolysis) is 1. The van der Waals surface area contributed by atoms with E-state index in [1.165, 1.54) is 19.3 Å². The number of amides is 2. The number of carbonyl (C=O) groups excluding carboxylic acids is 2. The highest BCUT2D eigenvalue weighted by Gasteiger charge is 2.52. The average Bonchev–Trinajstić information content (AvgIpc) is 3.88. The van der Waals surface area contributed by atoms with E-state index >= 15 is 4.39 Å². The van der Waals surface area contributed by atoms with Gasteiger partial charge >= 0.3 is 6.09 Å². The molecule has 0 spiro atoms. The third-order valence-electron chi connectivity index (χ3n) is 13.5. The second-order valence-electron chi connectivity index (χ2n) is 16.7. The van der Waals surface area contributed by atoms with Crippen LogP contribution in [0.2, 0.25) is 0 Å². The minimum atomic E-state index is -3.45. The van der Waals surface area contributed by atoms with E-state index in [0.29, 0.717) is 43.0 Å². The highest BCUT2D eigenvalue weighted by Crippen LogP contribution is 2.52. The number of methoxy groups -OCH3 is 1. The van der Waals surface area contributed by atoms with Gasteiger partial charge in [0.25, 0.3) is 0 Å². The van der Waals surface area contributed by atoms with Crippen molar-refractivity contribution < 1.29 is 27.1 Å². The smallest absolute Gasteiger partial charge is 0.407 e. The van der Waals surface area contributed by atoms with Gasteiger partial charge in [0.15, 0.2) is 9.84 Å². The third-order valence-corrected chi connectivity index (χ3v) is 15.8. The summed E-state index contributed by atoms with van der Waals surface area (Å²) in [7, 11) is -2.05. The van der Waals surface area contributed by atoms with E-state index in [2.05, 4.69) is 55.8 Å². The van der Waals surface area contributed by atoms with Crippen LogP contribution in [0.1, 0.15) is 76.1 Å². The van der Waals surface area contributed by atoms with Crippen molar-refractivity contribution in [3.05, 3.63) is 90.8 Å². The van der Waals surface area contributed by atoms with Crippen LogP contribution in [0.4, 0.5) is 14.9 Å². The third kappa shape index (κ3) is 8.79. The van der Waals surface area contributed by atoms with Crippen molar-refractivity contribution in [2.75, 3.05) is 44.7 Å². The Morgan fingerprint density at radius 2 is 1.74 bits per heavy atom. The Kier molecular flexibility index (Phi) is 12.7. The maximum Gasteiger partial charge on any atom is 0.407 e. The number of hydrogen-bond donors (Lipinski definition) is 2. The summed E-state index contributed by atoms with van der Waals surface area (Å²) < 4.78 is 49.5. The Labute approximate surface area is 337 Å². The molecule has 11 nitrogen and oxygen atoms in total. The zero-order valence-corrected chi connectivity index (χ0v) is 34.3. The van der Waals surface area contributed by atoms with Gasteiger partial charge in [0.05, 0.1) is 17.3 Å². The lowest BCUT2D eigenvalue weighted by Gasteiger charge is -2.51. The first-order valence-electron chi connectivity index (χ1n) is 20.9. The molecule has 0 unspecified atom stereocenters. The standard InChI is InChI=1S/C44H59FN6O5S/c1-4-41-46-22-25-50(41)30-44(33-8-6-9-34(45)26-33,39-10-7-11-40(39)48-43(53)56-3)32-20-23-49(24-21-32)27-31-28-51(29-31)36-14-18-38(19-15-36)57(54,55)37-16-12-35(13-17-37)47-42(52)5-2/h5-6,8-9,14-15,18-19,22,25-26,31-32,35,37,39-40H,2,4,7,10-13,16-17,20-21,23-24,27-30H2,1,3H3,(H,47,52)(H,48,53)/t35?,37?,39-,40-,44-/m0/s1. The van der Waals surface area contributed by atoms with Crippen molar-refractivity contribution in [2.24, 2.45) is 17.8 Å². The number of rotatable bonds is 14. The van der Waals surface area contributed by atoms with Gasteiger partial charge in [-0.3, -0.25) is 4.79 Å². The van der Waals surface area contributed by atoms with E-state index in [1.807, 2.05) is 24.4 Å². The molecule has 308 valence electrons. The second kappa shape index (κ2) is 17.7. The van der Waals surface area contributed by atoms with E-state index in [0.717, 1.165) is 88.3 Å². The summed E-state index contributed by atoms with van der Waals surface area (Å²) in [6.45, 7) is 11.0. The molecule has 2 aliphatic carbocycles. The number of ether oxygens (including phenoxy) is 1. The van der Waals surface area contributed by atoms with Crippen LogP contribution in [0.15, 0.2) is 78.5 Å². The van der Waals surface area contributed by atoms with Gasteiger partial charge in [-0.25, -0.2) is 22.6 Å². The molecule has 4 aliphatic rings. The zero-order valence-electron chi connectivity index (χ0n) is 33.5. The molecule has 0 radical (unpaired) electrons. The number of aryl methyl sites for hydroxylation is 1. The fourth-order valence-corrected chi connectivity index (χ4v) is 12.4. The van der Waals surface area contributed by atoms with Crippen LogP contribution in [0.25, 0.3) is 0 Å². The first-order chi connectivity index (χ1) is 27.5. The van der Waals surface area contributed by atoms with Crippen molar-refractivity contribution in [1.82, 2.24) is 25.1 Å². The first kappa shape index (κ1) is 40.9. The quantitative estimate of drug-likeness (QED) is 0.183. The minimum Gasteiger partial charge on any atom is -0.453 e. The Balaban J connectivity index is 0.995. The topological polar surface area (TPSA) is 126 Å². The molecule has 4 fully saturated rings. The van der Waals surface area contributed by atoms with E-state index in [4.69, 9.17) is 4.74 Å². The van der Waals surface area contributed by atoms with Gasteiger partial charge in [-0.05, 0) is 124 Å². The Morgan fingerprint density at radius 1 is 1.00 bits per heavy atom. The van der Waals surface area contributed by atoms with Crippen LogP contribution >= 0.6 is 0 Å². The summed E-state index contributed by atoms with van der Waals surface area (Å²) in [6, 6.07) is 14.5. The van der Waals surface area contributed by atoms with Crippen molar-refractivity contribution in [1.29, 1.82) is 0 Å². The largest absolute Gasteiger partial charge is 0.453 e. The molecule has 3 atom stereocenters. The van der Waals surface area contributed by atoms with Gasteiger partial charge < -0.3 is 29.7 Å². The molecule has 2 N–H and O–H groups in total. The lowest BCUT2D eigenvalue weighted by molar-refractivity contribution is -0.117. The number of imidazole rings is 1. The molecule has 2 amide bonds.